The van der Waals surface area contributed by atoms with Crippen molar-refractivity contribution in [2.75, 3.05) is 7.11 Å². The number of hydrogen-bond acceptors (Lipinski definition) is 4. The van der Waals surface area contributed by atoms with Crippen LogP contribution in [-0.4, -0.2) is 35.4 Å². The van der Waals surface area contributed by atoms with E-state index in [1.807, 2.05) is 6.92 Å². The monoisotopic (exact) mass is 500 g/mol. The van der Waals surface area contributed by atoms with Gasteiger partial charge >= 0.3 is 11.9 Å². The van der Waals surface area contributed by atoms with Crippen LogP contribution in [0.4, 0.5) is 0 Å². The van der Waals surface area contributed by atoms with E-state index >= 15 is 0 Å². The maximum Gasteiger partial charge on any atom is 0.311 e. The molecule has 5 rings (SSSR count). The lowest BCUT2D eigenvalue weighted by atomic mass is 9.33. The fraction of sp³-hybridized carbons (Fsp3) is 0.871. The van der Waals surface area contributed by atoms with Gasteiger partial charge in [-0.25, -0.2) is 0 Å². The topological polar surface area (TPSA) is 83.8 Å². The van der Waals surface area contributed by atoms with Crippen molar-refractivity contribution in [3.63, 3.8) is 0 Å². The SMILES string of the molecule is COC(=O)[C@@]1(C)CC[C@]2(C(=O)O)CC[C@]3(C)C(=CC[C@@H]4[C@@]5(C)CC[C@H](O)C(C)(C)[C@@H]5CC[C@]43C)[C@@H]2C1. The van der Waals surface area contributed by atoms with Crippen molar-refractivity contribution >= 4 is 11.9 Å². The largest absolute Gasteiger partial charge is 0.481 e. The number of carbonyl (C=O) groups is 2. The smallest absolute Gasteiger partial charge is 0.311 e. The predicted octanol–water partition coefficient (Wildman–Crippen LogP) is 6.39. The Kier molecular flexibility index (Phi) is 5.71. The van der Waals surface area contributed by atoms with Crippen molar-refractivity contribution in [3.8, 4) is 0 Å². The Morgan fingerprint density at radius 1 is 0.917 bits per heavy atom. The van der Waals surface area contributed by atoms with E-state index in [-0.39, 0.29) is 39.7 Å². The van der Waals surface area contributed by atoms with Gasteiger partial charge in [-0.3, -0.25) is 9.59 Å². The zero-order valence-electron chi connectivity index (χ0n) is 23.6. The number of carboxylic acids is 1. The van der Waals surface area contributed by atoms with Crippen molar-refractivity contribution in [2.45, 2.75) is 112 Å². The molecule has 0 bridgehead atoms. The van der Waals surface area contributed by atoms with Crippen LogP contribution >= 0.6 is 0 Å². The van der Waals surface area contributed by atoms with Crippen molar-refractivity contribution < 1.29 is 24.5 Å². The molecule has 5 nitrogen and oxygen atoms in total. The van der Waals surface area contributed by atoms with E-state index in [9.17, 15) is 19.8 Å². The summed E-state index contributed by atoms with van der Waals surface area (Å²) in [6.45, 7) is 13.9. The lowest BCUT2D eigenvalue weighted by molar-refractivity contribution is -0.206. The minimum Gasteiger partial charge on any atom is -0.481 e. The zero-order valence-corrected chi connectivity index (χ0v) is 23.6. The van der Waals surface area contributed by atoms with E-state index in [0.29, 0.717) is 37.5 Å². The summed E-state index contributed by atoms with van der Waals surface area (Å²) in [6, 6.07) is 0. The molecule has 36 heavy (non-hydrogen) atoms. The lowest BCUT2D eigenvalue weighted by Crippen LogP contribution is -2.65. The molecule has 2 N–H and O–H groups in total. The third-order valence-electron chi connectivity index (χ3n) is 13.5. The first-order chi connectivity index (χ1) is 16.6. The quantitative estimate of drug-likeness (QED) is 0.339. The molecular weight excluding hydrogens is 452 g/mol. The zero-order chi connectivity index (χ0) is 26.5. The van der Waals surface area contributed by atoms with Crippen LogP contribution in [0.3, 0.4) is 0 Å². The van der Waals surface area contributed by atoms with Crippen molar-refractivity contribution in [1.29, 1.82) is 0 Å². The first kappa shape index (κ1) is 26.3. The summed E-state index contributed by atoms with van der Waals surface area (Å²) in [5, 5.41) is 21.5. The highest BCUT2D eigenvalue weighted by molar-refractivity contribution is 5.80. The minimum absolute atomic E-state index is 0.0739. The second-order valence-electron chi connectivity index (χ2n) is 14.9. The molecule has 0 aromatic carbocycles. The summed E-state index contributed by atoms with van der Waals surface area (Å²) in [4.78, 5) is 25.7. The van der Waals surface area contributed by atoms with E-state index in [2.05, 4.69) is 40.7 Å². The average Bonchev–Trinajstić information content (AvgIpc) is 2.81. The number of aliphatic hydroxyl groups is 1. The number of aliphatic carboxylic acids is 1. The molecule has 5 aliphatic rings. The number of hydrogen-bond donors (Lipinski definition) is 2. The normalized spacial score (nSPS) is 51.5. The molecule has 5 aliphatic carbocycles. The van der Waals surface area contributed by atoms with E-state index in [4.69, 9.17) is 4.74 Å². The molecule has 0 saturated heterocycles. The van der Waals surface area contributed by atoms with Gasteiger partial charge in [-0.1, -0.05) is 46.3 Å². The van der Waals surface area contributed by atoms with Gasteiger partial charge in [0.25, 0.3) is 0 Å². The number of carboxylic acid groups (broad SMARTS) is 1. The van der Waals surface area contributed by atoms with Crippen LogP contribution in [0.1, 0.15) is 106 Å². The number of fused-ring (bicyclic) bond motifs is 7. The van der Waals surface area contributed by atoms with Gasteiger partial charge in [0.2, 0.25) is 0 Å². The number of methoxy groups -OCH3 is 1. The van der Waals surface area contributed by atoms with Gasteiger partial charge in [-0.15, -0.1) is 0 Å². The Morgan fingerprint density at radius 3 is 2.22 bits per heavy atom. The Morgan fingerprint density at radius 2 is 1.58 bits per heavy atom. The highest BCUT2D eigenvalue weighted by atomic mass is 16.5. The molecule has 0 radical (unpaired) electrons. The van der Waals surface area contributed by atoms with Crippen LogP contribution in [0.15, 0.2) is 11.6 Å². The molecular formula is C31H48O5. The maximum atomic E-state index is 12.9. The molecule has 4 fully saturated rings. The summed E-state index contributed by atoms with van der Waals surface area (Å²) in [5.74, 6) is -0.0142. The fourth-order valence-electron chi connectivity index (χ4n) is 10.9. The first-order valence-corrected chi connectivity index (χ1v) is 14.3. The average molecular weight is 501 g/mol. The number of esters is 1. The van der Waals surface area contributed by atoms with E-state index in [1.165, 1.54) is 12.7 Å². The first-order valence-electron chi connectivity index (χ1n) is 14.3. The van der Waals surface area contributed by atoms with Gasteiger partial charge in [0.15, 0.2) is 0 Å². The van der Waals surface area contributed by atoms with E-state index < -0.39 is 16.8 Å². The highest BCUT2D eigenvalue weighted by Gasteiger charge is 2.69. The van der Waals surface area contributed by atoms with Gasteiger partial charge in [0.1, 0.15) is 0 Å². The molecule has 202 valence electrons. The third-order valence-corrected chi connectivity index (χ3v) is 13.5. The van der Waals surface area contributed by atoms with E-state index in [0.717, 1.165) is 38.5 Å². The molecule has 0 aliphatic heterocycles. The molecule has 0 aromatic rings. The Balaban J connectivity index is 1.60. The van der Waals surface area contributed by atoms with Gasteiger partial charge < -0.3 is 14.9 Å². The number of aliphatic hydroxyl groups excluding tert-OH is 1. The fourth-order valence-corrected chi connectivity index (χ4v) is 10.9. The minimum atomic E-state index is -0.778. The highest BCUT2D eigenvalue weighted by Crippen LogP contribution is 2.75. The molecule has 0 unspecified atom stereocenters. The summed E-state index contributed by atoms with van der Waals surface area (Å²) in [7, 11) is 1.45. The molecule has 5 heteroatoms. The molecule has 4 saturated carbocycles. The van der Waals surface area contributed by atoms with Crippen molar-refractivity contribution in [2.24, 2.45) is 50.2 Å². The standard InChI is InChI=1S/C31H48O5/c1-26(2)21-10-13-30(6)22(28(21,4)12-11-23(26)32)9-8-19-20-18-27(3,25(35)36-7)14-16-31(20,24(33)34)17-15-29(19,30)5/h8,20-23,32H,9-18H2,1-7H3,(H,33,34)/t20-,21-,22+,23-,27-,28-,29+,30+,31-/m0/s1. The Labute approximate surface area is 217 Å². The van der Waals surface area contributed by atoms with Gasteiger partial charge in [-0.05, 0) is 111 Å². The van der Waals surface area contributed by atoms with Crippen LogP contribution in [0.25, 0.3) is 0 Å². The summed E-state index contributed by atoms with van der Waals surface area (Å²) < 4.78 is 5.21. The van der Waals surface area contributed by atoms with Crippen LogP contribution in [0.2, 0.25) is 0 Å². The second kappa shape index (κ2) is 7.83. The molecule has 0 aromatic heterocycles. The number of rotatable bonds is 2. The molecule has 0 heterocycles. The third kappa shape index (κ3) is 3.04. The summed E-state index contributed by atoms with van der Waals surface area (Å²) in [5.41, 5.74) is -0.0258. The van der Waals surface area contributed by atoms with Crippen molar-refractivity contribution in [3.05, 3.63) is 11.6 Å². The second-order valence-corrected chi connectivity index (χ2v) is 14.9. The lowest BCUT2D eigenvalue weighted by Gasteiger charge is -2.71. The molecule has 0 amide bonds. The van der Waals surface area contributed by atoms with Crippen LogP contribution < -0.4 is 0 Å². The maximum absolute atomic E-state index is 12.9. The predicted molar refractivity (Wildman–Crippen MR) is 139 cm³/mol. The van der Waals surface area contributed by atoms with E-state index in [1.54, 1.807) is 0 Å². The van der Waals surface area contributed by atoms with Crippen molar-refractivity contribution in [1.82, 2.24) is 0 Å². The van der Waals surface area contributed by atoms with Gasteiger partial charge in [0, 0.05) is 0 Å². The molecule has 9 atom stereocenters. The van der Waals surface area contributed by atoms with Crippen LogP contribution in [-0.2, 0) is 14.3 Å². The summed E-state index contributed by atoms with van der Waals surface area (Å²) in [6.07, 6.45) is 10.6. The summed E-state index contributed by atoms with van der Waals surface area (Å²) >= 11 is 0. The van der Waals surface area contributed by atoms with Crippen LogP contribution in [0.5, 0.6) is 0 Å². The Bertz CT molecular complexity index is 999. The molecule has 0 spiro atoms. The van der Waals surface area contributed by atoms with Gasteiger partial charge in [-0.2, -0.15) is 0 Å². The number of carbonyl (C=O) groups excluding carboxylic acids is 1. The Hall–Kier alpha value is -1.36. The number of allylic oxidation sites excluding steroid dienone is 2. The van der Waals surface area contributed by atoms with Gasteiger partial charge in [0.05, 0.1) is 24.0 Å². The van der Waals surface area contributed by atoms with Crippen LogP contribution in [0, 0.1) is 50.2 Å². The number of ether oxygens (including phenoxy) is 1.